The van der Waals surface area contributed by atoms with E-state index in [1.807, 2.05) is 11.8 Å². The third kappa shape index (κ3) is 5.58. The van der Waals surface area contributed by atoms with Crippen molar-refractivity contribution in [1.82, 2.24) is 5.32 Å². The summed E-state index contributed by atoms with van der Waals surface area (Å²) >= 11 is 1.96. The summed E-state index contributed by atoms with van der Waals surface area (Å²) in [6, 6.07) is 0.738. The molecule has 2 heteroatoms. The molecule has 0 aliphatic heterocycles. The summed E-state index contributed by atoms with van der Waals surface area (Å²) in [5.41, 5.74) is 0. The molecule has 2 atom stereocenters. The van der Waals surface area contributed by atoms with Gasteiger partial charge >= 0.3 is 0 Å². The van der Waals surface area contributed by atoms with Crippen LogP contribution in [0.25, 0.3) is 0 Å². The lowest BCUT2D eigenvalue weighted by Gasteiger charge is -2.14. The van der Waals surface area contributed by atoms with E-state index in [-0.39, 0.29) is 0 Å². The van der Waals surface area contributed by atoms with Gasteiger partial charge in [-0.05, 0) is 38.5 Å². The van der Waals surface area contributed by atoms with Crippen molar-refractivity contribution in [1.29, 1.82) is 0 Å². The Balaban J connectivity index is 1.91. The molecule has 0 amide bonds. The van der Waals surface area contributed by atoms with Gasteiger partial charge < -0.3 is 5.32 Å². The molecule has 1 rings (SSSR count). The third-order valence-electron chi connectivity index (χ3n) is 2.83. The Labute approximate surface area is 87.1 Å². The average Bonchev–Trinajstić information content (AvgIpc) is 2.88. The molecule has 0 heterocycles. The van der Waals surface area contributed by atoms with E-state index >= 15 is 0 Å². The highest BCUT2D eigenvalue weighted by molar-refractivity contribution is 7.99. The first kappa shape index (κ1) is 11.4. The summed E-state index contributed by atoms with van der Waals surface area (Å²) < 4.78 is 0. The summed E-state index contributed by atoms with van der Waals surface area (Å²) in [5, 5.41) is 4.41. The van der Waals surface area contributed by atoms with E-state index < -0.39 is 0 Å². The second-order valence-corrected chi connectivity index (χ2v) is 5.65. The van der Waals surface area contributed by atoms with E-state index in [0.29, 0.717) is 0 Å². The molecule has 13 heavy (non-hydrogen) atoms. The van der Waals surface area contributed by atoms with Crippen LogP contribution < -0.4 is 5.32 Å². The lowest BCUT2D eigenvalue weighted by atomic mass is 10.1. The molecular weight excluding hydrogens is 178 g/mol. The van der Waals surface area contributed by atoms with Gasteiger partial charge in [0.15, 0.2) is 0 Å². The molecule has 1 aliphatic carbocycles. The minimum absolute atomic E-state index is 0.738. The van der Waals surface area contributed by atoms with E-state index in [4.69, 9.17) is 0 Å². The van der Waals surface area contributed by atoms with Gasteiger partial charge in [-0.2, -0.15) is 11.8 Å². The van der Waals surface area contributed by atoms with Crippen LogP contribution in [0.4, 0.5) is 0 Å². The fraction of sp³-hybridized carbons (Fsp3) is 1.00. The van der Waals surface area contributed by atoms with E-state index in [0.717, 1.165) is 17.2 Å². The molecule has 1 N–H and O–H groups in total. The molecule has 0 saturated heterocycles. The van der Waals surface area contributed by atoms with Gasteiger partial charge in [0.2, 0.25) is 0 Å². The van der Waals surface area contributed by atoms with Crippen molar-refractivity contribution in [3.8, 4) is 0 Å². The third-order valence-corrected chi connectivity index (χ3v) is 3.87. The fourth-order valence-corrected chi connectivity index (χ4v) is 1.94. The van der Waals surface area contributed by atoms with Gasteiger partial charge in [-0.3, -0.25) is 0 Å². The van der Waals surface area contributed by atoms with Crippen LogP contribution >= 0.6 is 11.8 Å². The van der Waals surface area contributed by atoms with E-state index in [9.17, 15) is 0 Å². The largest absolute Gasteiger partial charge is 0.314 e. The lowest BCUT2D eigenvalue weighted by molar-refractivity contribution is 0.482. The Morgan fingerprint density at radius 2 is 2.08 bits per heavy atom. The van der Waals surface area contributed by atoms with Crippen LogP contribution in [0, 0.1) is 5.92 Å². The highest BCUT2D eigenvalue weighted by Gasteiger charge is 2.23. The first-order valence-corrected chi connectivity index (χ1v) is 6.77. The molecule has 1 aliphatic rings. The Morgan fingerprint density at radius 1 is 1.38 bits per heavy atom. The number of nitrogens with one attached hydrogen (secondary N) is 1. The maximum Gasteiger partial charge on any atom is 0.00413 e. The number of thioether (sulfide) groups is 1. The normalized spacial score (nSPS) is 21.5. The van der Waals surface area contributed by atoms with Crippen LogP contribution in [0.15, 0.2) is 0 Å². The predicted octanol–water partition coefficient (Wildman–Crippen LogP) is 2.91. The maximum atomic E-state index is 3.61. The maximum absolute atomic E-state index is 3.61. The molecule has 1 nitrogen and oxygen atoms in total. The van der Waals surface area contributed by atoms with E-state index in [1.165, 1.54) is 32.2 Å². The van der Waals surface area contributed by atoms with Crippen LogP contribution in [-0.4, -0.2) is 24.1 Å². The Kier molecular flexibility index (Phi) is 5.18. The Morgan fingerprint density at radius 3 is 2.62 bits per heavy atom. The average molecular weight is 201 g/mol. The molecular formula is C11H23NS. The summed E-state index contributed by atoms with van der Waals surface area (Å²) in [4.78, 5) is 0. The minimum Gasteiger partial charge on any atom is -0.314 e. The molecule has 0 radical (unpaired) electrons. The van der Waals surface area contributed by atoms with Crippen LogP contribution in [0.3, 0.4) is 0 Å². The second kappa shape index (κ2) is 5.92. The fourth-order valence-electron chi connectivity index (χ4n) is 1.59. The standard InChI is InChI=1S/C11H23NS/c1-9(8-11-4-5-11)12-7-6-10(2)13-3/h9-12H,4-8H2,1-3H3. The number of hydrogen-bond acceptors (Lipinski definition) is 2. The Bertz CT molecular complexity index is 134. The quantitative estimate of drug-likeness (QED) is 0.680. The van der Waals surface area contributed by atoms with Gasteiger partial charge in [0.05, 0.1) is 0 Å². The second-order valence-electron chi connectivity index (χ2n) is 4.37. The summed E-state index contributed by atoms with van der Waals surface area (Å²) in [5.74, 6) is 1.06. The monoisotopic (exact) mass is 201 g/mol. The lowest BCUT2D eigenvalue weighted by Crippen LogP contribution is -2.28. The van der Waals surface area contributed by atoms with Gasteiger partial charge in [-0.25, -0.2) is 0 Å². The van der Waals surface area contributed by atoms with Crippen molar-refractivity contribution in [2.75, 3.05) is 12.8 Å². The number of rotatable bonds is 7. The van der Waals surface area contributed by atoms with Crippen molar-refractivity contribution < 1.29 is 0 Å². The van der Waals surface area contributed by atoms with Crippen molar-refractivity contribution >= 4 is 11.8 Å². The molecule has 78 valence electrons. The highest BCUT2D eigenvalue weighted by Crippen LogP contribution is 2.33. The zero-order valence-electron chi connectivity index (χ0n) is 9.18. The van der Waals surface area contributed by atoms with Gasteiger partial charge in [-0.1, -0.05) is 19.8 Å². The van der Waals surface area contributed by atoms with Gasteiger partial charge in [-0.15, -0.1) is 0 Å². The predicted molar refractivity (Wildman–Crippen MR) is 62.4 cm³/mol. The topological polar surface area (TPSA) is 12.0 Å². The van der Waals surface area contributed by atoms with Gasteiger partial charge in [0, 0.05) is 11.3 Å². The SMILES string of the molecule is CSC(C)CCNC(C)CC1CC1. The van der Waals surface area contributed by atoms with E-state index in [2.05, 4.69) is 25.4 Å². The van der Waals surface area contributed by atoms with Gasteiger partial charge in [0.25, 0.3) is 0 Å². The van der Waals surface area contributed by atoms with Gasteiger partial charge in [0.1, 0.15) is 0 Å². The molecule has 0 aromatic carbocycles. The van der Waals surface area contributed by atoms with Crippen LogP contribution in [0.1, 0.15) is 39.5 Å². The van der Waals surface area contributed by atoms with Crippen molar-refractivity contribution in [2.24, 2.45) is 5.92 Å². The molecule has 0 aromatic heterocycles. The molecule has 1 fully saturated rings. The van der Waals surface area contributed by atoms with Crippen molar-refractivity contribution in [3.63, 3.8) is 0 Å². The summed E-state index contributed by atoms with van der Waals surface area (Å²) in [6.07, 6.45) is 7.85. The first-order valence-electron chi connectivity index (χ1n) is 5.48. The smallest absolute Gasteiger partial charge is 0.00413 e. The van der Waals surface area contributed by atoms with Crippen molar-refractivity contribution in [3.05, 3.63) is 0 Å². The van der Waals surface area contributed by atoms with Crippen LogP contribution in [0.5, 0.6) is 0 Å². The van der Waals surface area contributed by atoms with E-state index in [1.54, 1.807) is 0 Å². The minimum atomic E-state index is 0.738. The first-order chi connectivity index (χ1) is 6.22. The zero-order chi connectivity index (χ0) is 9.68. The summed E-state index contributed by atoms with van der Waals surface area (Å²) in [6.45, 7) is 5.82. The molecule has 0 bridgehead atoms. The number of hydrogen-bond donors (Lipinski definition) is 1. The molecule has 0 aromatic rings. The zero-order valence-corrected chi connectivity index (χ0v) is 9.99. The Hall–Kier alpha value is 0.310. The summed E-state index contributed by atoms with van der Waals surface area (Å²) in [7, 11) is 0. The molecule has 0 spiro atoms. The van der Waals surface area contributed by atoms with Crippen molar-refractivity contribution in [2.45, 2.75) is 50.8 Å². The highest BCUT2D eigenvalue weighted by atomic mass is 32.2. The van der Waals surface area contributed by atoms with Crippen LogP contribution in [-0.2, 0) is 0 Å². The van der Waals surface area contributed by atoms with Crippen LogP contribution in [0.2, 0.25) is 0 Å². The molecule has 1 saturated carbocycles. The molecule has 2 unspecified atom stereocenters.